The molecule has 0 spiro atoms. The van der Waals surface area contributed by atoms with Gasteiger partial charge in [0.1, 0.15) is 5.82 Å². The molecule has 0 unspecified atom stereocenters. The molecule has 1 aliphatic carbocycles. The van der Waals surface area contributed by atoms with E-state index in [2.05, 4.69) is 10.3 Å². The van der Waals surface area contributed by atoms with Crippen LogP contribution in [0.4, 0.5) is 5.82 Å². The molecule has 1 heterocycles. The van der Waals surface area contributed by atoms with E-state index in [1.165, 1.54) is 12.6 Å². The van der Waals surface area contributed by atoms with Gasteiger partial charge in [-0.25, -0.2) is 4.98 Å². The molecule has 1 atom stereocenters. The fourth-order valence-electron chi connectivity index (χ4n) is 2.34. The van der Waals surface area contributed by atoms with Gasteiger partial charge in [-0.05, 0) is 31.9 Å². The number of carbonyl (C=O) groups excluding carboxylic acids is 2. The molecular weight excluding hydrogens is 292 g/mol. The molecule has 0 radical (unpaired) electrons. The average molecular weight is 311 g/mol. The Morgan fingerprint density at radius 3 is 2.67 bits per heavy atom. The molecule has 0 saturated heterocycles. The zero-order valence-corrected chi connectivity index (χ0v) is 12.7. The monoisotopic (exact) mass is 310 g/mol. The van der Waals surface area contributed by atoms with Crippen LogP contribution in [0, 0.1) is 5.92 Å². The fourth-order valence-corrected chi connectivity index (χ4v) is 2.45. The van der Waals surface area contributed by atoms with Gasteiger partial charge in [0.15, 0.2) is 6.10 Å². The van der Waals surface area contributed by atoms with Gasteiger partial charge >= 0.3 is 5.97 Å². The number of hydrogen-bond acceptors (Lipinski definition) is 4. The van der Waals surface area contributed by atoms with Crippen molar-refractivity contribution < 1.29 is 14.3 Å². The third kappa shape index (κ3) is 4.70. The molecule has 21 heavy (non-hydrogen) atoms. The summed E-state index contributed by atoms with van der Waals surface area (Å²) >= 11 is 5.72. The minimum atomic E-state index is -0.836. The van der Waals surface area contributed by atoms with Gasteiger partial charge in [0.25, 0.3) is 5.91 Å². The number of carbonyl (C=O) groups is 2. The average Bonchev–Trinajstić information content (AvgIpc) is 2.50. The lowest BCUT2D eigenvalue weighted by Crippen LogP contribution is -2.33. The van der Waals surface area contributed by atoms with Gasteiger partial charge in [-0.2, -0.15) is 0 Å². The first kappa shape index (κ1) is 15.8. The highest BCUT2D eigenvalue weighted by Crippen LogP contribution is 2.25. The number of anilines is 1. The van der Waals surface area contributed by atoms with Crippen molar-refractivity contribution in [2.24, 2.45) is 5.92 Å². The first-order valence-corrected chi connectivity index (χ1v) is 7.57. The third-order valence-electron chi connectivity index (χ3n) is 3.58. The van der Waals surface area contributed by atoms with Crippen LogP contribution in [-0.4, -0.2) is 23.0 Å². The zero-order chi connectivity index (χ0) is 15.2. The van der Waals surface area contributed by atoms with Crippen LogP contribution in [-0.2, 0) is 14.3 Å². The van der Waals surface area contributed by atoms with Gasteiger partial charge in [-0.3, -0.25) is 9.59 Å². The molecule has 0 aromatic carbocycles. The quantitative estimate of drug-likeness (QED) is 0.867. The van der Waals surface area contributed by atoms with E-state index in [9.17, 15) is 9.59 Å². The Balaban J connectivity index is 1.84. The van der Waals surface area contributed by atoms with E-state index in [4.69, 9.17) is 16.3 Å². The maximum absolute atomic E-state index is 12.0. The third-order valence-corrected chi connectivity index (χ3v) is 3.80. The first-order valence-electron chi connectivity index (χ1n) is 7.19. The van der Waals surface area contributed by atoms with Crippen LogP contribution in [0.25, 0.3) is 0 Å². The molecule has 1 N–H and O–H groups in total. The Hall–Kier alpha value is -1.62. The van der Waals surface area contributed by atoms with Crippen LogP contribution in [0.5, 0.6) is 0 Å². The van der Waals surface area contributed by atoms with E-state index < -0.39 is 12.0 Å². The van der Waals surface area contributed by atoms with Gasteiger partial charge < -0.3 is 10.1 Å². The molecule has 1 amide bonds. The molecule has 5 nitrogen and oxygen atoms in total. The van der Waals surface area contributed by atoms with E-state index in [-0.39, 0.29) is 11.9 Å². The van der Waals surface area contributed by atoms with Gasteiger partial charge in [-0.15, -0.1) is 0 Å². The van der Waals surface area contributed by atoms with Crippen LogP contribution in [0.15, 0.2) is 18.3 Å². The Morgan fingerprint density at radius 1 is 1.33 bits per heavy atom. The largest absolute Gasteiger partial charge is 0.452 e. The molecular formula is C15H19ClN2O3. The van der Waals surface area contributed by atoms with Crippen LogP contribution >= 0.6 is 11.6 Å². The molecule has 1 aromatic rings. The van der Waals surface area contributed by atoms with Crippen LogP contribution in [0.1, 0.15) is 39.0 Å². The standard InChI is InChI=1S/C15H19ClN2O3/c1-10(21-15(20)11-5-3-2-4-6-11)14(19)18-13-8-7-12(16)9-17-13/h7-11H,2-6H2,1H3,(H,17,18,19)/t10-/m1/s1. The lowest BCUT2D eigenvalue weighted by atomic mass is 9.89. The lowest BCUT2D eigenvalue weighted by molar-refractivity contribution is -0.158. The Bertz CT molecular complexity index is 498. The molecule has 1 fully saturated rings. The summed E-state index contributed by atoms with van der Waals surface area (Å²) in [5.41, 5.74) is 0. The van der Waals surface area contributed by atoms with E-state index >= 15 is 0 Å². The summed E-state index contributed by atoms with van der Waals surface area (Å²) in [6, 6.07) is 3.22. The van der Waals surface area contributed by atoms with Gasteiger partial charge in [0, 0.05) is 6.20 Å². The smallest absolute Gasteiger partial charge is 0.309 e. The Kier molecular flexibility index (Phi) is 5.56. The number of nitrogens with zero attached hydrogens (tertiary/aromatic N) is 1. The summed E-state index contributed by atoms with van der Waals surface area (Å²) in [5, 5.41) is 3.08. The number of aromatic nitrogens is 1. The highest BCUT2D eigenvalue weighted by atomic mass is 35.5. The molecule has 1 aliphatic rings. The number of esters is 1. The summed E-state index contributed by atoms with van der Waals surface area (Å²) in [6.07, 6.45) is 5.58. The van der Waals surface area contributed by atoms with Gasteiger partial charge in [0.05, 0.1) is 10.9 Å². The molecule has 2 rings (SSSR count). The SMILES string of the molecule is C[C@@H](OC(=O)C1CCCCC1)C(=O)Nc1ccc(Cl)cn1. The summed E-state index contributed by atoms with van der Waals surface area (Å²) in [4.78, 5) is 27.9. The van der Waals surface area contributed by atoms with Crippen molar-refractivity contribution in [3.05, 3.63) is 23.4 Å². The van der Waals surface area contributed by atoms with Crippen molar-refractivity contribution in [3.8, 4) is 0 Å². The topological polar surface area (TPSA) is 68.3 Å². The number of nitrogens with one attached hydrogen (secondary N) is 1. The van der Waals surface area contributed by atoms with Crippen molar-refractivity contribution in [1.82, 2.24) is 4.98 Å². The van der Waals surface area contributed by atoms with Gasteiger partial charge in [-0.1, -0.05) is 30.9 Å². The van der Waals surface area contributed by atoms with E-state index in [1.54, 1.807) is 19.1 Å². The zero-order valence-electron chi connectivity index (χ0n) is 12.0. The fraction of sp³-hybridized carbons (Fsp3) is 0.533. The van der Waals surface area contributed by atoms with Crippen molar-refractivity contribution in [2.45, 2.75) is 45.1 Å². The molecule has 1 saturated carbocycles. The number of rotatable bonds is 4. The first-order chi connectivity index (χ1) is 10.1. The summed E-state index contributed by atoms with van der Waals surface area (Å²) in [7, 11) is 0. The second kappa shape index (κ2) is 7.41. The predicted octanol–water partition coefficient (Wildman–Crippen LogP) is 3.19. The van der Waals surface area contributed by atoms with Crippen LogP contribution in [0.2, 0.25) is 5.02 Å². The highest BCUT2D eigenvalue weighted by Gasteiger charge is 2.26. The minimum absolute atomic E-state index is 0.0670. The van der Waals surface area contributed by atoms with Crippen molar-refractivity contribution in [3.63, 3.8) is 0 Å². The van der Waals surface area contributed by atoms with Crippen molar-refractivity contribution in [2.75, 3.05) is 5.32 Å². The van der Waals surface area contributed by atoms with E-state index in [1.807, 2.05) is 0 Å². The summed E-state index contributed by atoms with van der Waals surface area (Å²) in [5.74, 6) is -0.358. The lowest BCUT2D eigenvalue weighted by Gasteiger charge is -2.22. The van der Waals surface area contributed by atoms with Gasteiger partial charge in [0.2, 0.25) is 0 Å². The van der Waals surface area contributed by atoms with E-state index in [0.29, 0.717) is 10.8 Å². The van der Waals surface area contributed by atoms with Crippen molar-refractivity contribution >= 4 is 29.3 Å². The number of halogens is 1. The Morgan fingerprint density at radius 2 is 2.05 bits per heavy atom. The maximum atomic E-state index is 12.0. The summed E-state index contributed by atoms with van der Waals surface area (Å²) in [6.45, 7) is 1.56. The molecule has 0 aliphatic heterocycles. The summed E-state index contributed by atoms with van der Waals surface area (Å²) < 4.78 is 5.24. The Labute approximate surface area is 129 Å². The molecule has 1 aromatic heterocycles. The molecule has 0 bridgehead atoms. The molecule has 6 heteroatoms. The van der Waals surface area contributed by atoms with Crippen LogP contribution < -0.4 is 5.32 Å². The number of hydrogen-bond donors (Lipinski definition) is 1. The van der Waals surface area contributed by atoms with Crippen molar-refractivity contribution in [1.29, 1.82) is 0 Å². The minimum Gasteiger partial charge on any atom is -0.452 e. The van der Waals surface area contributed by atoms with Crippen LogP contribution in [0.3, 0.4) is 0 Å². The number of pyridine rings is 1. The normalized spacial score (nSPS) is 17.0. The number of amides is 1. The molecule has 114 valence electrons. The predicted molar refractivity (Wildman–Crippen MR) is 80.0 cm³/mol. The second-order valence-corrected chi connectivity index (χ2v) is 5.70. The highest BCUT2D eigenvalue weighted by molar-refractivity contribution is 6.30. The maximum Gasteiger partial charge on any atom is 0.309 e. The number of ether oxygens (including phenoxy) is 1. The van der Waals surface area contributed by atoms with E-state index in [0.717, 1.165) is 25.7 Å². The second-order valence-electron chi connectivity index (χ2n) is 5.26.